The number of carboxylic acids is 1. The predicted octanol–water partition coefficient (Wildman–Crippen LogP) is 1.73. The molecule has 1 aromatic heterocycles. The molecule has 1 aromatic rings. The highest BCUT2D eigenvalue weighted by Crippen LogP contribution is 2.15. The lowest BCUT2D eigenvalue weighted by Crippen LogP contribution is -2.26. The van der Waals surface area contributed by atoms with Gasteiger partial charge in [0.05, 0.1) is 11.7 Å². The first-order valence-electron chi connectivity index (χ1n) is 5.69. The topological polar surface area (TPSA) is 68.7 Å². The van der Waals surface area contributed by atoms with Gasteiger partial charge in [-0.2, -0.15) is 0 Å². The van der Waals surface area contributed by atoms with Crippen molar-refractivity contribution >= 4 is 5.97 Å². The average molecular weight is 237 g/mol. The van der Waals surface area contributed by atoms with Gasteiger partial charge in [-0.05, 0) is 25.3 Å². The van der Waals surface area contributed by atoms with Crippen molar-refractivity contribution in [2.45, 2.75) is 25.4 Å². The SMILES string of the molecule is O=C(O)c1ccnc(OCC2CCCCO2)c1. The molecule has 0 aromatic carbocycles. The van der Waals surface area contributed by atoms with Crippen LogP contribution >= 0.6 is 0 Å². The molecule has 1 fully saturated rings. The molecule has 1 saturated heterocycles. The van der Waals surface area contributed by atoms with E-state index in [1.165, 1.54) is 18.3 Å². The third kappa shape index (κ3) is 3.42. The number of hydrogen-bond acceptors (Lipinski definition) is 4. The number of carbonyl (C=O) groups is 1. The molecule has 0 spiro atoms. The Morgan fingerprint density at radius 2 is 2.47 bits per heavy atom. The maximum Gasteiger partial charge on any atom is 0.335 e. The molecule has 0 radical (unpaired) electrons. The van der Waals surface area contributed by atoms with Gasteiger partial charge in [-0.25, -0.2) is 9.78 Å². The Kier molecular flexibility index (Phi) is 3.93. The number of hydrogen-bond donors (Lipinski definition) is 1. The molecule has 5 heteroatoms. The fraction of sp³-hybridized carbons (Fsp3) is 0.500. The standard InChI is InChI=1S/C12H15NO4/c14-12(15)9-4-5-13-11(7-9)17-8-10-3-1-2-6-16-10/h4-5,7,10H,1-3,6,8H2,(H,14,15). The average Bonchev–Trinajstić information content (AvgIpc) is 2.38. The number of nitrogens with zero attached hydrogens (tertiary/aromatic N) is 1. The maximum atomic E-state index is 10.8. The minimum absolute atomic E-state index is 0.0963. The number of carboxylic acid groups (broad SMARTS) is 1. The van der Waals surface area contributed by atoms with E-state index in [0.29, 0.717) is 12.5 Å². The number of pyridine rings is 1. The van der Waals surface area contributed by atoms with Gasteiger partial charge in [0, 0.05) is 18.9 Å². The Morgan fingerprint density at radius 3 is 3.18 bits per heavy atom. The minimum Gasteiger partial charge on any atom is -0.478 e. The van der Waals surface area contributed by atoms with E-state index in [1.807, 2.05) is 0 Å². The zero-order valence-corrected chi connectivity index (χ0v) is 9.46. The van der Waals surface area contributed by atoms with Crippen LogP contribution in [0.25, 0.3) is 0 Å². The van der Waals surface area contributed by atoms with Crippen LogP contribution in [0.2, 0.25) is 0 Å². The number of rotatable bonds is 4. The molecule has 5 nitrogen and oxygen atoms in total. The van der Waals surface area contributed by atoms with Gasteiger partial charge in [0.2, 0.25) is 5.88 Å². The van der Waals surface area contributed by atoms with Gasteiger partial charge in [0.15, 0.2) is 0 Å². The minimum atomic E-state index is -0.980. The largest absolute Gasteiger partial charge is 0.478 e. The van der Waals surface area contributed by atoms with Crippen LogP contribution in [-0.4, -0.2) is 35.4 Å². The first kappa shape index (κ1) is 11.9. The normalized spacial score (nSPS) is 19.9. The van der Waals surface area contributed by atoms with Crippen LogP contribution in [0.4, 0.5) is 0 Å². The smallest absolute Gasteiger partial charge is 0.335 e. The molecule has 0 aliphatic carbocycles. The Hall–Kier alpha value is -1.62. The van der Waals surface area contributed by atoms with Crippen LogP contribution in [0.15, 0.2) is 18.3 Å². The van der Waals surface area contributed by atoms with E-state index in [0.717, 1.165) is 25.9 Å². The van der Waals surface area contributed by atoms with E-state index in [2.05, 4.69) is 4.98 Å². The van der Waals surface area contributed by atoms with Crippen molar-refractivity contribution in [2.75, 3.05) is 13.2 Å². The van der Waals surface area contributed by atoms with Crippen LogP contribution in [-0.2, 0) is 4.74 Å². The second-order valence-corrected chi connectivity index (χ2v) is 3.99. The zero-order chi connectivity index (χ0) is 12.1. The summed E-state index contributed by atoms with van der Waals surface area (Å²) >= 11 is 0. The quantitative estimate of drug-likeness (QED) is 0.863. The lowest BCUT2D eigenvalue weighted by atomic mass is 10.1. The van der Waals surface area contributed by atoms with E-state index in [9.17, 15) is 4.79 Å². The van der Waals surface area contributed by atoms with Gasteiger partial charge >= 0.3 is 5.97 Å². The second-order valence-electron chi connectivity index (χ2n) is 3.99. The summed E-state index contributed by atoms with van der Waals surface area (Å²) in [6.45, 7) is 1.20. The van der Waals surface area contributed by atoms with Gasteiger partial charge in [-0.3, -0.25) is 0 Å². The summed E-state index contributed by atoms with van der Waals surface area (Å²) in [6.07, 6.45) is 4.76. The molecule has 0 amide bonds. The molecule has 92 valence electrons. The summed E-state index contributed by atoms with van der Waals surface area (Å²) in [5.41, 5.74) is 0.180. The van der Waals surface area contributed by atoms with Gasteiger partial charge in [-0.15, -0.1) is 0 Å². The molecule has 1 aliphatic rings. The van der Waals surface area contributed by atoms with Crippen molar-refractivity contribution < 1.29 is 19.4 Å². The fourth-order valence-corrected chi connectivity index (χ4v) is 1.74. The molecule has 0 saturated carbocycles. The highest BCUT2D eigenvalue weighted by Gasteiger charge is 2.15. The lowest BCUT2D eigenvalue weighted by molar-refractivity contribution is -0.0119. The highest BCUT2D eigenvalue weighted by molar-refractivity contribution is 5.87. The number of aromatic carboxylic acids is 1. The summed E-state index contributed by atoms with van der Waals surface area (Å²) in [5.74, 6) is -0.648. The van der Waals surface area contributed by atoms with E-state index >= 15 is 0 Å². The summed E-state index contributed by atoms with van der Waals surface area (Å²) in [5, 5.41) is 8.82. The summed E-state index contributed by atoms with van der Waals surface area (Å²) in [6, 6.07) is 2.86. The van der Waals surface area contributed by atoms with E-state index in [4.69, 9.17) is 14.6 Å². The second kappa shape index (κ2) is 5.63. The van der Waals surface area contributed by atoms with E-state index in [-0.39, 0.29) is 11.7 Å². The Labute approximate surface area is 99.4 Å². The molecule has 17 heavy (non-hydrogen) atoms. The van der Waals surface area contributed by atoms with Crippen LogP contribution in [0, 0.1) is 0 Å². The third-order valence-corrected chi connectivity index (χ3v) is 2.67. The molecule has 1 unspecified atom stereocenters. The van der Waals surface area contributed by atoms with Crippen molar-refractivity contribution in [3.63, 3.8) is 0 Å². The molecular formula is C12H15NO4. The van der Waals surface area contributed by atoms with Crippen molar-refractivity contribution in [3.8, 4) is 5.88 Å². The summed E-state index contributed by atoms with van der Waals surface area (Å²) < 4.78 is 10.9. The molecule has 1 aliphatic heterocycles. The van der Waals surface area contributed by atoms with Crippen molar-refractivity contribution in [1.82, 2.24) is 4.98 Å². The van der Waals surface area contributed by atoms with E-state index < -0.39 is 5.97 Å². The number of ether oxygens (including phenoxy) is 2. The highest BCUT2D eigenvalue weighted by atomic mass is 16.5. The monoisotopic (exact) mass is 237 g/mol. The van der Waals surface area contributed by atoms with Gasteiger partial charge in [0.25, 0.3) is 0 Å². The molecule has 2 rings (SSSR count). The first-order valence-corrected chi connectivity index (χ1v) is 5.69. The lowest BCUT2D eigenvalue weighted by Gasteiger charge is -2.22. The van der Waals surface area contributed by atoms with E-state index in [1.54, 1.807) is 0 Å². The van der Waals surface area contributed by atoms with Crippen molar-refractivity contribution in [3.05, 3.63) is 23.9 Å². The summed E-state index contributed by atoms with van der Waals surface area (Å²) in [4.78, 5) is 14.7. The van der Waals surface area contributed by atoms with Crippen LogP contribution in [0.5, 0.6) is 5.88 Å². The third-order valence-electron chi connectivity index (χ3n) is 2.67. The van der Waals surface area contributed by atoms with Crippen LogP contribution in [0.1, 0.15) is 29.6 Å². The number of aromatic nitrogens is 1. The fourth-order valence-electron chi connectivity index (χ4n) is 1.74. The van der Waals surface area contributed by atoms with Gasteiger partial charge in [-0.1, -0.05) is 0 Å². The Morgan fingerprint density at radius 1 is 1.59 bits per heavy atom. The van der Waals surface area contributed by atoms with Crippen LogP contribution in [0.3, 0.4) is 0 Å². The Balaban J connectivity index is 1.89. The zero-order valence-electron chi connectivity index (χ0n) is 9.46. The van der Waals surface area contributed by atoms with Crippen LogP contribution < -0.4 is 4.74 Å². The molecule has 0 bridgehead atoms. The van der Waals surface area contributed by atoms with Crippen molar-refractivity contribution in [1.29, 1.82) is 0 Å². The van der Waals surface area contributed by atoms with Gasteiger partial charge < -0.3 is 14.6 Å². The predicted molar refractivity (Wildman–Crippen MR) is 60.3 cm³/mol. The molecule has 1 N–H and O–H groups in total. The Bertz CT molecular complexity index is 388. The molecule has 2 heterocycles. The summed E-state index contributed by atoms with van der Waals surface area (Å²) in [7, 11) is 0. The first-order chi connectivity index (χ1) is 8.25. The molecule has 1 atom stereocenters. The maximum absolute atomic E-state index is 10.8. The molecular weight excluding hydrogens is 222 g/mol. The van der Waals surface area contributed by atoms with Gasteiger partial charge in [0.1, 0.15) is 6.61 Å². The van der Waals surface area contributed by atoms with Crippen molar-refractivity contribution in [2.24, 2.45) is 0 Å².